The lowest BCUT2D eigenvalue weighted by atomic mass is 9.93. The number of benzene rings is 1. The first-order valence-electron chi connectivity index (χ1n) is 5.52. The lowest BCUT2D eigenvalue weighted by Crippen LogP contribution is -2.42. The standard InChI is InChI=1S/C13H19NO3/c1-9(2)17-11-7-5-10(6-8-11)13(3,14)12(15)16-4/h5-9H,14H2,1-4H3/t13-/m1/s1. The summed E-state index contributed by atoms with van der Waals surface area (Å²) < 4.78 is 10.2. The maximum Gasteiger partial charge on any atom is 0.330 e. The van der Waals surface area contributed by atoms with Gasteiger partial charge in [0, 0.05) is 0 Å². The fourth-order valence-electron chi connectivity index (χ4n) is 1.48. The second kappa shape index (κ2) is 5.19. The largest absolute Gasteiger partial charge is 0.491 e. The number of hydrogen-bond acceptors (Lipinski definition) is 4. The van der Waals surface area contributed by atoms with Gasteiger partial charge in [0.05, 0.1) is 13.2 Å². The van der Waals surface area contributed by atoms with Crippen LogP contribution in [0.1, 0.15) is 26.3 Å². The van der Waals surface area contributed by atoms with Gasteiger partial charge in [0.1, 0.15) is 11.3 Å². The summed E-state index contributed by atoms with van der Waals surface area (Å²) >= 11 is 0. The van der Waals surface area contributed by atoms with Crippen molar-refractivity contribution in [2.24, 2.45) is 5.73 Å². The molecule has 4 heteroatoms. The minimum Gasteiger partial charge on any atom is -0.491 e. The average molecular weight is 237 g/mol. The smallest absolute Gasteiger partial charge is 0.330 e. The number of ether oxygens (including phenoxy) is 2. The number of esters is 1. The van der Waals surface area contributed by atoms with Gasteiger partial charge in [-0.15, -0.1) is 0 Å². The summed E-state index contributed by atoms with van der Waals surface area (Å²) in [6.07, 6.45) is 0.116. The van der Waals surface area contributed by atoms with Crippen LogP contribution in [-0.2, 0) is 15.1 Å². The highest BCUT2D eigenvalue weighted by atomic mass is 16.5. The van der Waals surface area contributed by atoms with Crippen molar-refractivity contribution in [3.05, 3.63) is 29.8 Å². The third kappa shape index (κ3) is 3.20. The van der Waals surface area contributed by atoms with Crippen molar-refractivity contribution in [1.82, 2.24) is 0 Å². The van der Waals surface area contributed by atoms with Crippen molar-refractivity contribution < 1.29 is 14.3 Å². The lowest BCUT2D eigenvalue weighted by Gasteiger charge is -2.22. The molecule has 1 atom stereocenters. The van der Waals surface area contributed by atoms with E-state index in [1.54, 1.807) is 31.2 Å². The first-order chi connectivity index (χ1) is 7.87. The summed E-state index contributed by atoms with van der Waals surface area (Å²) in [5.41, 5.74) is 5.49. The van der Waals surface area contributed by atoms with E-state index < -0.39 is 11.5 Å². The second-order valence-electron chi connectivity index (χ2n) is 4.38. The summed E-state index contributed by atoms with van der Waals surface area (Å²) in [5, 5.41) is 0. The molecule has 0 aliphatic rings. The molecule has 0 aliphatic carbocycles. The van der Waals surface area contributed by atoms with E-state index in [0.717, 1.165) is 5.75 Å². The van der Waals surface area contributed by atoms with Gasteiger partial charge in [-0.05, 0) is 38.5 Å². The molecule has 1 rings (SSSR count). The summed E-state index contributed by atoms with van der Waals surface area (Å²) in [5.74, 6) is 0.291. The minimum absolute atomic E-state index is 0.116. The SMILES string of the molecule is COC(=O)[C@](C)(N)c1ccc(OC(C)C)cc1. The topological polar surface area (TPSA) is 61.5 Å². The quantitative estimate of drug-likeness (QED) is 0.811. The van der Waals surface area contributed by atoms with Crippen molar-refractivity contribution in [3.63, 3.8) is 0 Å². The van der Waals surface area contributed by atoms with E-state index >= 15 is 0 Å². The highest BCUT2D eigenvalue weighted by Crippen LogP contribution is 2.22. The third-order valence-electron chi connectivity index (χ3n) is 2.44. The van der Waals surface area contributed by atoms with Crippen LogP contribution in [0, 0.1) is 0 Å². The normalized spacial score (nSPS) is 14.2. The molecular weight excluding hydrogens is 218 g/mol. The Labute approximate surface area is 102 Å². The van der Waals surface area contributed by atoms with E-state index in [1.807, 2.05) is 13.8 Å². The van der Waals surface area contributed by atoms with Gasteiger partial charge < -0.3 is 15.2 Å². The van der Waals surface area contributed by atoms with Gasteiger partial charge in [-0.25, -0.2) is 4.79 Å². The van der Waals surface area contributed by atoms with Crippen LogP contribution in [0.3, 0.4) is 0 Å². The summed E-state index contributed by atoms with van der Waals surface area (Å²) in [4.78, 5) is 11.5. The zero-order valence-corrected chi connectivity index (χ0v) is 10.7. The molecule has 94 valence electrons. The highest BCUT2D eigenvalue weighted by Gasteiger charge is 2.31. The van der Waals surface area contributed by atoms with Gasteiger partial charge in [0.2, 0.25) is 0 Å². The van der Waals surface area contributed by atoms with Crippen molar-refractivity contribution in [1.29, 1.82) is 0 Å². The van der Waals surface area contributed by atoms with E-state index in [9.17, 15) is 4.79 Å². The Balaban J connectivity index is 2.90. The van der Waals surface area contributed by atoms with Crippen molar-refractivity contribution >= 4 is 5.97 Å². The van der Waals surface area contributed by atoms with Crippen LogP contribution in [0.2, 0.25) is 0 Å². The molecule has 0 unspecified atom stereocenters. The van der Waals surface area contributed by atoms with Crippen molar-refractivity contribution in [3.8, 4) is 5.75 Å². The molecule has 0 saturated carbocycles. The van der Waals surface area contributed by atoms with Gasteiger partial charge in [0.15, 0.2) is 0 Å². The Bertz CT molecular complexity index is 382. The van der Waals surface area contributed by atoms with Crippen LogP contribution >= 0.6 is 0 Å². The number of rotatable bonds is 4. The minimum atomic E-state index is -1.13. The van der Waals surface area contributed by atoms with Crippen LogP contribution < -0.4 is 10.5 Å². The maximum atomic E-state index is 11.5. The molecule has 0 spiro atoms. The molecule has 0 amide bonds. The predicted octanol–water partition coefficient (Wildman–Crippen LogP) is 1.82. The summed E-state index contributed by atoms with van der Waals surface area (Å²) in [7, 11) is 1.32. The molecule has 0 heterocycles. The molecule has 17 heavy (non-hydrogen) atoms. The van der Waals surface area contributed by atoms with Gasteiger partial charge in [-0.2, -0.15) is 0 Å². The van der Waals surface area contributed by atoms with E-state index in [2.05, 4.69) is 4.74 Å². The molecule has 2 N–H and O–H groups in total. The molecule has 4 nitrogen and oxygen atoms in total. The van der Waals surface area contributed by atoms with E-state index in [4.69, 9.17) is 10.5 Å². The first-order valence-corrected chi connectivity index (χ1v) is 5.52. The Hall–Kier alpha value is -1.55. The number of nitrogens with two attached hydrogens (primary N) is 1. The number of carbonyl (C=O) groups excluding carboxylic acids is 1. The Morgan fingerprint density at radius 3 is 2.24 bits per heavy atom. The summed E-state index contributed by atoms with van der Waals surface area (Å²) in [6, 6.07) is 7.13. The molecule has 0 saturated heterocycles. The van der Waals surface area contributed by atoms with E-state index in [1.165, 1.54) is 7.11 Å². The Kier molecular flexibility index (Phi) is 4.12. The number of hydrogen-bond donors (Lipinski definition) is 1. The number of methoxy groups -OCH3 is 1. The predicted molar refractivity (Wildman–Crippen MR) is 65.8 cm³/mol. The van der Waals surface area contributed by atoms with Gasteiger partial charge in [0.25, 0.3) is 0 Å². The zero-order valence-electron chi connectivity index (χ0n) is 10.7. The molecule has 0 aliphatic heterocycles. The molecule has 0 radical (unpaired) electrons. The molecule has 0 fully saturated rings. The molecule has 1 aromatic rings. The fraction of sp³-hybridized carbons (Fsp3) is 0.462. The molecule has 0 aromatic heterocycles. The van der Waals surface area contributed by atoms with Gasteiger partial charge in [-0.3, -0.25) is 0 Å². The zero-order chi connectivity index (χ0) is 13.1. The molecule has 0 bridgehead atoms. The van der Waals surface area contributed by atoms with Crippen LogP contribution in [0.4, 0.5) is 0 Å². The second-order valence-corrected chi connectivity index (χ2v) is 4.38. The van der Waals surface area contributed by atoms with E-state index in [-0.39, 0.29) is 6.10 Å². The fourth-order valence-corrected chi connectivity index (χ4v) is 1.48. The first kappa shape index (κ1) is 13.5. The van der Waals surface area contributed by atoms with Crippen molar-refractivity contribution in [2.75, 3.05) is 7.11 Å². The van der Waals surface area contributed by atoms with Crippen molar-refractivity contribution in [2.45, 2.75) is 32.4 Å². The van der Waals surface area contributed by atoms with E-state index in [0.29, 0.717) is 5.56 Å². The van der Waals surface area contributed by atoms with Crippen LogP contribution in [0.25, 0.3) is 0 Å². The van der Waals surface area contributed by atoms with Gasteiger partial charge in [-0.1, -0.05) is 12.1 Å². The highest BCUT2D eigenvalue weighted by molar-refractivity contribution is 5.81. The third-order valence-corrected chi connectivity index (χ3v) is 2.44. The Morgan fingerprint density at radius 1 is 1.29 bits per heavy atom. The van der Waals surface area contributed by atoms with Crippen LogP contribution in [-0.4, -0.2) is 19.2 Å². The monoisotopic (exact) mass is 237 g/mol. The lowest BCUT2D eigenvalue weighted by molar-refractivity contribution is -0.146. The molecule has 1 aromatic carbocycles. The summed E-state index contributed by atoms with van der Waals surface area (Å²) in [6.45, 7) is 5.53. The Morgan fingerprint density at radius 2 is 1.82 bits per heavy atom. The van der Waals surface area contributed by atoms with Crippen LogP contribution in [0.5, 0.6) is 5.75 Å². The maximum absolute atomic E-state index is 11.5. The molecular formula is C13H19NO3. The van der Waals surface area contributed by atoms with Gasteiger partial charge >= 0.3 is 5.97 Å². The average Bonchev–Trinajstić information content (AvgIpc) is 2.27. The number of carbonyl (C=O) groups is 1. The van der Waals surface area contributed by atoms with Crippen LogP contribution in [0.15, 0.2) is 24.3 Å².